The fourth-order valence-corrected chi connectivity index (χ4v) is 2.74. The van der Waals surface area contributed by atoms with Gasteiger partial charge >= 0.3 is 0 Å². The fourth-order valence-electron chi connectivity index (χ4n) is 2.74. The summed E-state index contributed by atoms with van der Waals surface area (Å²) in [4.78, 5) is 1.21. The van der Waals surface area contributed by atoms with Gasteiger partial charge < -0.3 is 14.7 Å². The van der Waals surface area contributed by atoms with Crippen LogP contribution in [0.3, 0.4) is 0 Å². The molecule has 26 heavy (non-hydrogen) atoms. The Morgan fingerprint density at radius 3 is 2.15 bits per heavy atom. The highest BCUT2D eigenvalue weighted by Crippen LogP contribution is 2.23. The Labute approximate surface area is 150 Å². The van der Waals surface area contributed by atoms with Gasteiger partial charge in [-0.2, -0.15) is 0 Å². The van der Waals surface area contributed by atoms with Crippen molar-refractivity contribution >= 4 is 5.84 Å². The fraction of sp³-hybridized carbons (Fsp3) is 0.222. The van der Waals surface area contributed by atoms with Crippen LogP contribution in [0.5, 0.6) is 11.5 Å². The van der Waals surface area contributed by atoms with Gasteiger partial charge in [-0.1, -0.05) is 5.16 Å². The Morgan fingerprint density at radius 1 is 1.00 bits per heavy atom. The minimum atomic E-state index is 0.190. The van der Waals surface area contributed by atoms with Gasteiger partial charge in [0.15, 0.2) is 0 Å². The molecule has 8 heteroatoms. The zero-order valence-electron chi connectivity index (χ0n) is 15.0. The molecule has 0 aliphatic rings. The average Bonchev–Trinajstić information content (AvgIpc) is 3.14. The number of aromatic nitrogens is 4. The molecule has 0 atom stereocenters. The van der Waals surface area contributed by atoms with Crippen molar-refractivity contribution in [1.29, 1.82) is 0 Å². The smallest absolute Gasteiger partial charge is 0.222 e. The molecule has 0 spiro atoms. The summed E-state index contributed by atoms with van der Waals surface area (Å²) < 4.78 is 10.4. The maximum absolute atomic E-state index is 9.57. The summed E-state index contributed by atoms with van der Waals surface area (Å²) in [5.74, 6) is 2.07. The van der Waals surface area contributed by atoms with Crippen LogP contribution in [0, 0.1) is 13.8 Å². The van der Waals surface area contributed by atoms with Gasteiger partial charge in [-0.25, -0.2) is 0 Å². The number of hydrogen-bond donors (Lipinski definition) is 1. The Kier molecular flexibility index (Phi) is 4.83. The molecule has 8 nitrogen and oxygen atoms in total. The first kappa shape index (κ1) is 17.4. The number of nitrogens with zero attached hydrogens (tertiary/aromatic N) is 5. The average molecular weight is 353 g/mol. The summed E-state index contributed by atoms with van der Waals surface area (Å²) in [7, 11) is 3.21. The third-order valence-corrected chi connectivity index (χ3v) is 4.01. The Bertz CT molecular complexity index is 925. The van der Waals surface area contributed by atoms with Crippen LogP contribution in [0.25, 0.3) is 11.4 Å². The molecule has 0 aliphatic carbocycles. The van der Waals surface area contributed by atoms with Crippen molar-refractivity contribution in [2.75, 3.05) is 14.2 Å². The van der Waals surface area contributed by atoms with E-state index in [-0.39, 0.29) is 5.84 Å². The molecule has 134 valence electrons. The lowest BCUT2D eigenvalue weighted by atomic mass is 10.0. The van der Waals surface area contributed by atoms with Gasteiger partial charge in [0, 0.05) is 11.1 Å². The van der Waals surface area contributed by atoms with Gasteiger partial charge in [0.2, 0.25) is 11.7 Å². The van der Waals surface area contributed by atoms with Crippen LogP contribution < -0.4 is 9.47 Å². The third kappa shape index (κ3) is 3.21. The summed E-state index contributed by atoms with van der Waals surface area (Å²) in [5, 5.41) is 25.4. The molecule has 2 aromatic carbocycles. The molecule has 1 N–H and O–H groups in total. The van der Waals surface area contributed by atoms with Crippen LogP contribution in [-0.4, -0.2) is 45.5 Å². The van der Waals surface area contributed by atoms with Crippen molar-refractivity contribution in [1.82, 2.24) is 20.2 Å². The van der Waals surface area contributed by atoms with Crippen molar-refractivity contribution in [2.24, 2.45) is 5.16 Å². The van der Waals surface area contributed by atoms with E-state index < -0.39 is 0 Å². The highest BCUT2D eigenvalue weighted by Gasteiger charge is 2.18. The number of aryl methyl sites for hydroxylation is 2. The Morgan fingerprint density at radius 2 is 1.62 bits per heavy atom. The van der Waals surface area contributed by atoms with Crippen LogP contribution in [0.4, 0.5) is 0 Å². The molecule has 3 aromatic rings. The number of rotatable bonds is 4. The monoisotopic (exact) mass is 353 g/mol. The SMILES string of the molecule is COc1ccc(-c2nnn(/C(=N\O)c3c(C)cc(OC)cc3C)n2)cc1. The van der Waals surface area contributed by atoms with Crippen LogP contribution >= 0.6 is 0 Å². The van der Waals surface area contributed by atoms with Gasteiger partial charge in [-0.05, 0) is 66.6 Å². The highest BCUT2D eigenvalue weighted by molar-refractivity contribution is 6.01. The topological polar surface area (TPSA) is 94.7 Å². The largest absolute Gasteiger partial charge is 0.497 e. The van der Waals surface area contributed by atoms with Crippen LogP contribution in [0.2, 0.25) is 0 Å². The van der Waals surface area contributed by atoms with Gasteiger partial charge in [0.1, 0.15) is 11.5 Å². The molecule has 0 radical (unpaired) electrons. The first-order valence-corrected chi connectivity index (χ1v) is 7.90. The second-order valence-electron chi connectivity index (χ2n) is 5.69. The number of hydrogen-bond acceptors (Lipinski definition) is 7. The summed E-state index contributed by atoms with van der Waals surface area (Å²) >= 11 is 0. The summed E-state index contributed by atoms with van der Waals surface area (Å²) in [5.41, 5.74) is 3.24. The van der Waals surface area contributed by atoms with Gasteiger partial charge in [-0.3, -0.25) is 0 Å². The molecule has 0 aliphatic heterocycles. The molecule has 0 amide bonds. The number of ether oxygens (including phenoxy) is 2. The van der Waals surface area contributed by atoms with Crippen molar-refractivity contribution in [3.8, 4) is 22.9 Å². The quantitative estimate of drug-likeness (QED) is 0.335. The zero-order chi connectivity index (χ0) is 18.7. The Hall–Kier alpha value is -3.42. The number of tetrazole rings is 1. The van der Waals surface area contributed by atoms with E-state index in [0.29, 0.717) is 11.4 Å². The maximum Gasteiger partial charge on any atom is 0.222 e. The third-order valence-electron chi connectivity index (χ3n) is 4.01. The molecular formula is C18H19N5O3. The number of oxime groups is 1. The van der Waals surface area contributed by atoms with Gasteiger partial charge in [-0.15, -0.1) is 15.0 Å². The first-order chi connectivity index (χ1) is 12.6. The summed E-state index contributed by atoms with van der Waals surface area (Å²) in [6.45, 7) is 3.80. The van der Waals surface area contributed by atoms with E-state index in [9.17, 15) is 5.21 Å². The van der Waals surface area contributed by atoms with E-state index in [1.807, 2.05) is 50.2 Å². The summed E-state index contributed by atoms with van der Waals surface area (Å²) in [6, 6.07) is 11.0. The maximum atomic E-state index is 9.57. The van der Waals surface area contributed by atoms with E-state index in [1.54, 1.807) is 14.2 Å². The molecule has 0 bridgehead atoms. The molecular weight excluding hydrogens is 334 g/mol. The first-order valence-electron chi connectivity index (χ1n) is 7.90. The second-order valence-corrected chi connectivity index (χ2v) is 5.69. The predicted octanol–water partition coefficient (Wildman–Crippen LogP) is 2.66. The van der Waals surface area contributed by atoms with E-state index in [4.69, 9.17) is 9.47 Å². The molecule has 0 saturated carbocycles. The zero-order valence-corrected chi connectivity index (χ0v) is 15.0. The standard InChI is InChI=1S/C18H19N5O3/c1-11-9-15(26-4)10-12(2)16(11)18(21-24)23-20-17(19-22-23)13-5-7-14(25-3)8-6-13/h5-10,24H,1-4H3/b21-18-. The number of methoxy groups -OCH3 is 2. The van der Waals surface area contributed by atoms with E-state index in [0.717, 1.165) is 28.2 Å². The Balaban J connectivity index is 1.99. The minimum Gasteiger partial charge on any atom is -0.497 e. The highest BCUT2D eigenvalue weighted by atomic mass is 16.5. The van der Waals surface area contributed by atoms with E-state index in [1.165, 1.54) is 4.80 Å². The van der Waals surface area contributed by atoms with Crippen LogP contribution in [0.1, 0.15) is 16.7 Å². The predicted molar refractivity (Wildman–Crippen MR) is 96.0 cm³/mol. The van der Waals surface area contributed by atoms with Crippen molar-refractivity contribution in [2.45, 2.75) is 13.8 Å². The van der Waals surface area contributed by atoms with Gasteiger partial charge in [0.25, 0.3) is 0 Å². The van der Waals surface area contributed by atoms with E-state index in [2.05, 4.69) is 20.6 Å². The lowest BCUT2D eigenvalue weighted by Crippen LogP contribution is -2.19. The number of benzene rings is 2. The minimum absolute atomic E-state index is 0.190. The van der Waals surface area contributed by atoms with Gasteiger partial charge in [0.05, 0.1) is 14.2 Å². The van der Waals surface area contributed by atoms with Crippen molar-refractivity contribution in [3.63, 3.8) is 0 Å². The molecule has 1 heterocycles. The molecule has 0 unspecified atom stereocenters. The van der Waals surface area contributed by atoms with Crippen LogP contribution in [0.15, 0.2) is 41.6 Å². The van der Waals surface area contributed by atoms with E-state index >= 15 is 0 Å². The van der Waals surface area contributed by atoms with Crippen molar-refractivity contribution in [3.05, 3.63) is 53.1 Å². The molecule has 1 aromatic heterocycles. The molecule has 3 rings (SSSR count). The summed E-state index contributed by atoms with van der Waals surface area (Å²) in [6.07, 6.45) is 0. The molecule has 0 fully saturated rings. The van der Waals surface area contributed by atoms with Crippen LogP contribution in [-0.2, 0) is 0 Å². The lowest BCUT2D eigenvalue weighted by molar-refractivity contribution is 0.315. The normalized spacial score (nSPS) is 11.5. The lowest BCUT2D eigenvalue weighted by Gasteiger charge is -2.12. The van der Waals surface area contributed by atoms with Crippen molar-refractivity contribution < 1.29 is 14.7 Å². The second kappa shape index (κ2) is 7.22. The molecule has 0 saturated heterocycles.